The molecule has 19 heavy (non-hydrogen) atoms. The molecule has 1 aliphatic carbocycles. The number of hydrogen-bond donors (Lipinski definition) is 1. The second-order valence-corrected chi connectivity index (χ2v) is 5.56. The average Bonchev–Trinajstić information content (AvgIpc) is 2.88. The molecule has 0 amide bonds. The molecule has 4 nitrogen and oxygen atoms in total. The Morgan fingerprint density at radius 1 is 1.32 bits per heavy atom. The van der Waals surface area contributed by atoms with Gasteiger partial charge in [0.05, 0.1) is 12.2 Å². The van der Waals surface area contributed by atoms with Crippen LogP contribution in [0.1, 0.15) is 38.6 Å². The topological polar surface area (TPSA) is 50.9 Å². The van der Waals surface area contributed by atoms with E-state index in [2.05, 4.69) is 17.2 Å². The van der Waals surface area contributed by atoms with E-state index in [1.54, 1.807) is 12.1 Å². The quantitative estimate of drug-likeness (QED) is 0.897. The monoisotopic (exact) mass is 257 g/mol. The Morgan fingerprint density at radius 2 is 2.21 bits per heavy atom. The summed E-state index contributed by atoms with van der Waals surface area (Å²) in [4.78, 5) is 0. The van der Waals surface area contributed by atoms with Crippen LogP contribution < -0.4 is 0 Å². The lowest BCUT2D eigenvalue weighted by Gasteiger charge is -2.26. The first-order valence-electron chi connectivity index (χ1n) is 6.93. The van der Waals surface area contributed by atoms with E-state index in [-0.39, 0.29) is 5.75 Å². The van der Waals surface area contributed by atoms with E-state index in [0.717, 1.165) is 17.2 Å². The molecule has 0 spiro atoms. The number of nitrogens with zero attached hydrogens (tertiary/aromatic N) is 3. The number of aromatic nitrogens is 3. The summed E-state index contributed by atoms with van der Waals surface area (Å²) in [5.41, 5.74) is 1.74. The van der Waals surface area contributed by atoms with Crippen LogP contribution in [0.4, 0.5) is 0 Å². The predicted molar refractivity (Wildman–Crippen MR) is 73.8 cm³/mol. The van der Waals surface area contributed by atoms with Crippen molar-refractivity contribution in [2.45, 2.75) is 38.6 Å². The second-order valence-electron chi connectivity index (χ2n) is 5.56. The van der Waals surface area contributed by atoms with Gasteiger partial charge in [-0.2, -0.15) is 0 Å². The summed E-state index contributed by atoms with van der Waals surface area (Å²) in [6.07, 6.45) is 6.96. The zero-order valence-corrected chi connectivity index (χ0v) is 11.2. The highest BCUT2D eigenvalue weighted by atomic mass is 16.3. The zero-order chi connectivity index (χ0) is 13.2. The maximum absolute atomic E-state index is 9.51. The van der Waals surface area contributed by atoms with Gasteiger partial charge in [-0.25, -0.2) is 4.68 Å². The molecule has 1 saturated carbocycles. The molecule has 3 rings (SSSR count). The van der Waals surface area contributed by atoms with Crippen molar-refractivity contribution in [1.82, 2.24) is 15.0 Å². The predicted octanol–water partition coefficient (Wildman–Crippen LogP) is 3.40. The zero-order valence-electron chi connectivity index (χ0n) is 11.2. The van der Waals surface area contributed by atoms with Gasteiger partial charge in [0.25, 0.3) is 0 Å². The standard InChI is InChI=1S/C15H19N3O/c1-11-4-2-6-13(8-11)18-10-15(16-17-18)12-5-3-7-14(19)9-12/h3,5,7,9-11,13,19H,2,4,6,8H2,1H3/t11-,13?/m1/s1. The van der Waals surface area contributed by atoms with Crippen molar-refractivity contribution in [2.24, 2.45) is 5.92 Å². The van der Waals surface area contributed by atoms with E-state index < -0.39 is 0 Å². The largest absolute Gasteiger partial charge is 0.508 e. The molecule has 0 radical (unpaired) electrons. The molecule has 1 heterocycles. The molecular formula is C15H19N3O. The Labute approximate surface area is 113 Å². The molecule has 1 fully saturated rings. The first kappa shape index (κ1) is 12.2. The molecule has 2 atom stereocenters. The van der Waals surface area contributed by atoms with E-state index in [1.807, 2.05) is 23.0 Å². The molecule has 0 saturated heterocycles. The first-order chi connectivity index (χ1) is 9.22. The number of hydrogen-bond acceptors (Lipinski definition) is 3. The fourth-order valence-electron chi connectivity index (χ4n) is 2.90. The van der Waals surface area contributed by atoms with Gasteiger partial charge in [-0.15, -0.1) is 5.10 Å². The summed E-state index contributed by atoms with van der Waals surface area (Å²) in [5, 5.41) is 18.0. The Hall–Kier alpha value is -1.84. The van der Waals surface area contributed by atoms with Gasteiger partial charge in [-0.05, 0) is 30.9 Å². The van der Waals surface area contributed by atoms with Gasteiger partial charge in [0.15, 0.2) is 0 Å². The summed E-state index contributed by atoms with van der Waals surface area (Å²) in [7, 11) is 0. The lowest BCUT2D eigenvalue weighted by molar-refractivity contribution is 0.263. The van der Waals surface area contributed by atoms with Crippen molar-refractivity contribution >= 4 is 0 Å². The smallest absolute Gasteiger partial charge is 0.116 e. The minimum Gasteiger partial charge on any atom is -0.508 e. The summed E-state index contributed by atoms with van der Waals surface area (Å²) in [5.74, 6) is 1.03. The molecule has 1 unspecified atom stereocenters. The molecule has 2 aromatic rings. The maximum atomic E-state index is 9.51. The van der Waals surface area contributed by atoms with E-state index in [0.29, 0.717) is 6.04 Å². The SMILES string of the molecule is C[C@@H]1CCCC(n2cc(-c3cccc(O)c3)nn2)C1. The summed E-state index contributed by atoms with van der Waals surface area (Å²) >= 11 is 0. The fourth-order valence-corrected chi connectivity index (χ4v) is 2.90. The Balaban J connectivity index is 1.83. The third kappa shape index (κ3) is 2.62. The number of aromatic hydroxyl groups is 1. The van der Waals surface area contributed by atoms with Gasteiger partial charge < -0.3 is 5.11 Å². The average molecular weight is 257 g/mol. The summed E-state index contributed by atoms with van der Waals surface area (Å²) < 4.78 is 2.00. The summed E-state index contributed by atoms with van der Waals surface area (Å²) in [6.45, 7) is 2.30. The van der Waals surface area contributed by atoms with Crippen LogP contribution in [-0.2, 0) is 0 Å². The minimum absolute atomic E-state index is 0.262. The lowest BCUT2D eigenvalue weighted by Crippen LogP contribution is -2.18. The van der Waals surface area contributed by atoms with Crippen molar-refractivity contribution in [3.05, 3.63) is 30.5 Å². The molecule has 1 aromatic carbocycles. The number of benzene rings is 1. The highest BCUT2D eigenvalue weighted by Gasteiger charge is 2.21. The van der Waals surface area contributed by atoms with Gasteiger partial charge in [0.2, 0.25) is 0 Å². The van der Waals surface area contributed by atoms with Crippen LogP contribution in [0.25, 0.3) is 11.3 Å². The molecule has 0 aliphatic heterocycles. The van der Waals surface area contributed by atoms with Crippen LogP contribution in [0, 0.1) is 5.92 Å². The van der Waals surface area contributed by atoms with Crippen molar-refractivity contribution in [1.29, 1.82) is 0 Å². The normalized spacial score (nSPS) is 23.4. The van der Waals surface area contributed by atoms with Crippen LogP contribution >= 0.6 is 0 Å². The molecule has 1 aromatic heterocycles. The highest BCUT2D eigenvalue weighted by molar-refractivity contribution is 5.59. The Bertz CT molecular complexity index is 564. The molecular weight excluding hydrogens is 238 g/mol. The van der Waals surface area contributed by atoms with Crippen molar-refractivity contribution in [2.75, 3.05) is 0 Å². The van der Waals surface area contributed by atoms with Crippen molar-refractivity contribution in [3.63, 3.8) is 0 Å². The molecule has 0 bridgehead atoms. The first-order valence-corrected chi connectivity index (χ1v) is 6.93. The van der Waals surface area contributed by atoms with Crippen LogP contribution in [0.5, 0.6) is 5.75 Å². The van der Waals surface area contributed by atoms with Gasteiger partial charge in [-0.1, -0.05) is 37.1 Å². The number of phenolic OH excluding ortho intramolecular Hbond substituents is 1. The second kappa shape index (κ2) is 5.03. The van der Waals surface area contributed by atoms with E-state index in [1.165, 1.54) is 25.7 Å². The van der Waals surface area contributed by atoms with Crippen molar-refractivity contribution < 1.29 is 5.11 Å². The van der Waals surface area contributed by atoms with E-state index in [9.17, 15) is 5.11 Å². The minimum atomic E-state index is 0.262. The van der Waals surface area contributed by atoms with E-state index in [4.69, 9.17) is 0 Å². The van der Waals surface area contributed by atoms with Crippen molar-refractivity contribution in [3.8, 4) is 17.0 Å². The third-order valence-corrected chi connectivity index (χ3v) is 3.94. The Morgan fingerprint density at radius 3 is 3.00 bits per heavy atom. The van der Waals surface area contributed by atoms with Crippen LogP contribution in [0.3, 0.4) is 0 Å². The van der Waals surface area contributed by atoms with Crippen LogP contribution in [0.2, 0.25) is 0 Å². The fraction of sp³-hybridized carbons (Fsp3) is 0.467. The third-order valence-electron chi connectivity index (χ3n) is 3.94. The maximum Gasteiger partial charge on any atom is 0.116 e. The van der Waals surface area contributed by atoms with Gasteiger partial charge in [0, 0.05) is 5.56 Å². The molecule has 100 valence electrons. The van der Waals surface area contributed by atoms with Gasteiger partial charge >= 0.3 is 0 Å². The number of rotatable bonds is 2. The van der Waals surface area contributed by atoms with Gasteiger partial charge in [-0.3, -0.25) is 0 Å². The van der Waals surface area contributed by atoms with E-state index >= 15 is 0 Å². The summed E-state index contributed by atoms with van der Waals surface area (Å²) in [6, 6.07) is 7.63. The van der Waals surface area contributed by atoms with Gasteiger partial charge in [0.1, 0.15) is 11.4 Å². The highest BCUT2D eigenvalue weighted by Crippen LogP contribution is 2.32. The lowest BCUT2D eigenvalue weighted by atomic mass is 9.87. The number of phenols is 1. The van der Waals surface area contributed by atoms with Crippen LogP contribution in [-0.4, -0.2) is 20.1 Å². The molecule has 1 N–H and O–H groups in total. The molecule has 1 aliphatic rings. The van der Waals surface area contributed by atoms with Crippen LogP contribution in [0.15, 0.2) is 30.5 Å². The molecule has 4 heteroatoms. The Kier molecular flexibility index (Phi) is 3.23.